The Morgan fingerprint density at radius 2 is 2.30 bits per heavy atom. The Morgan fingerprint density at radius 1 is 1.70 bits per heavy atom. The van der Waals surface area contributed by atoms with E-state index in [1.54, 1.807) is 0 Å². The van der Waals surface area contributed by atoms with E-state index in [1.165, 1.54) is 5.57 Å². The largest absolute Gasteiger partial charge is 0.294 e. The summed E-state index contributed by atoms with van der Waals surface area (Å²) >= 11 is 0. The molecule has 0 aromatic heterocycles. The summed E-state index contributed by atoms with van der Waals surface area (Å²) in [5, 5.41) is 0. The lowest BCUT2D eigenvalue weighted by atomic mass is 9.88. The first-order valence-corrected chi connectivity index (χ1v) is 3.50. The minimum absolute atomic E-state index is 0.0567. The van der Waals surface area contributed by atoms with E-state index in [4.69, 9.17) is 0 Å². The first-order chi connectivity index (χ1) is 4.61. The molecule has 0 bridgehead atoms. The molecule has 0 radical (unpaired) electrons. The third-order valence-electron chi connectivity index (χ3n) is 1.79. The van der Waals surface area contributed by atoms with Gasteiger partial charge in [-0.2, -0.15) is 0 Å². The predicted octanol–water partition coefficient (Wildman–Crippen LogP) is 2.10. The maximum absolute atomic E-state index is 11.1. The molecule has 0 N–H and O–H groups in total. The second-order valence-electron chi connectivity index (χ2n) is 2.95. The van der Waals surface area contributed by atoms with E-state index in [9.17, 15) is 4.79 Å². The standard InChI is InChI=1S/C9H12O/c1-6-4-7(2)9(10)8(3)5-6/h5,8H,2,4H2,1,3H3. The topological polar surface area (TPSA) is 17.1 Å². The van der Waals surface area contributed by atoms with E-state index in [-0.39, 0.29) is 11.7 Å². The average Bonchev–Trinajstić information content (AvgIpc) is 1.82. The molecule has 1 aliphatic carbocycles. The van der Waals surface area contributed by atoms with Gasteiger partial charge in [-0.3, -0.25) is 4.79 Å². The first kappa shape index (κ1) is 7.26. The van der Waals surface area contributed by atoms with Gasteiger partial charge in [0.2, 0.25) is 0 Å². The van der Waals surface area contributed by atoms with Crippen molar-refractivity contribution < 1.29 is 4.79 Å². The Hall–Kier alpha value is -0.850. The predicted molar refractivity (Wildman–Crippen MR) is 41.7 cm³/mol. The molecule has 0 aromatic carbocycles. The highest BCUT2D eigenvalue weighted by molar-refractivity contribution is 5.99. The van der Waals surface area contributed by atoms with Gasteiger partial charge in [0.15, 0.2) is 5.78 Å². The number of carbonyl (C=O) groups excluding carboxylic acids is 1. The normalized spacial score (nSPS) is 26.6. The fourth-order valence-electron chi connectivity index (χ4n) is 1.31. The van der Waals surface area contributed by atoms with Gasteiger partial charge in [-0.05, 0) is 18.9 Å². The summed E-state index contributed by atoms with van der Waals surface area (Å²) in [6.45, 7) is 7.65. The van der Waals surface area contributed by atoms with Gasteiger partial charge in [0.1, 0.15) is 0 Å². The van der Waals surface area contributed by atoms with Crippen LogP contribution in [0.2, 0.25) is 0 Å². The molecule has 1 rings (SSSR count). The lowest BCUT2D eigenvalue weighted by molar-refractivity contribution is -0.117. The Labute approximate surface area is 61.4 Å². The van der Waals surface area contributed by atoms with Crippen LogP contribution in [0.1, 0.15) is 20.3 Å². The average molecular weight is 136 g/mol. The van der Waals surface area contributed by atoms with Crippen LogP contribution in [0.15, 0.2) is 23.8 Å². The van der Waals surface area contributed by atoms with Gasteiger partial charge >= 0.3 is 0 Å². The molecule has 0 heterocycles. The maximum atomic E-state index is 11.1. The van der Waals surface area contributed by atoms with Crippen molar-refractivity contribution in [2.75, 3.05) is 0 Å². The number of hydrogen-bond acceptors (Lipinski definition) is 1. The van der Waals surface area contributed by atoms with Gasteiger partial charge in [0, 0.05) is 5.92 Å². The smallest absolute Gasteiger partial charge is 0.165 e. The van der Waals surface area contributed by atoms with Gasteiger partial charge in [-0.1, -0.05) is 25.2 Å². The van der Waals surface area contributed by atoms with E-state index >= 15 is 0 Å². The monoisotopic (exact) mass is 136 g/mol. The Kier molecular flexibility index (Phi) is 1.75. The SMILES string of the molecule is C=C1CC(C)=CC(C)C1=O. The molecular formula is C9H12O. The highest BCUT2D eigenvalue weighted by Crippen LogP contribution is 2.22. The molecule has 0 aliphatic heterocycles. The fraction of sp³-hybridized carbons (Fsp3) is 0.444. The molecule has 1 unspecified atom stereocenters. The highest BCUT2D eigenvalue weighted by Gasteiger charge is 2.18. The quantitative estimate of drug-likeness (QED) is 0.368. The lowest BCUT2D eigenvalue weighted by Gasteiger charge is -2.15. The Bertz CT molecular complexity index is 211. The summed E-state index contributed by atoms with van der Waals surface area (Å²) in [5.74, 6) is 0.256. The molecule has 1 aliphatic rings. The molecule has 0 spiro atoms. The molecule has 0 fully saturated rings. The van der Waals surface area contributed by atoms with Crippen molar-refractivity contribution in [2.45, 2.75) is 20.3 Å². The number of Topliss-reactive ketones (excluding diaryl/α,β-unsaturated/α-hetero) is 1. The molecule has 1 nitrogen and oxygen atoms in total. The molecule has 0 saturated carbocycles. The van der Waals surface area contributed by atoms with E-state index < -0.39 is 0 Å². The second-order valence-corrected chi connectivity index (χ2v) is 2.95. The van der Waals surface area contributed by atoms with Crippen LogP contribution in [-0.2, 0) is 4.79 Å². The summed E-state index contributed by atoms with van der Waals surface area (Å²) in [6.07, 6.45) is 2.78. The molecule has 54 valence electrons. The van der Waals surface area contributed by atoms with Gasteiger partial charge in [-0.25, -0.2) is 0 Å². The van der Waals surface area contributed by atoms with Gasteiger partial charge in [0.25, 0.3) is 0 Å². The zero-order valence-corrected chi connectivity index (χ0v) is 6.48. The van der Waals surface area contributed by atoms with Gasteiger partial charge < -0.3 is 0 Å². The molecule has 10 heavy (non-hydrogen) atoms. The summed E-state index contributed by atoms with van der Waals surface area (Å²) in [6, 6.07) is 0. The van der Waals surface area contributed by atoms with Crippen molar-refractivity contribution in [1.29, 1.82) is 0 Å². The molecular weight excluding hydrogens is 124 g/mol. The minimum Gasteiger partial charge on any atom is -0.294 e. The zero-order chi connectivity index (χ0) is 7.72. The van der Waals surface area contributed by atoms with E-state index in [1.807, 2.05) is 19.9 Å². The summed E-state index contributed by atoms with van der Waals surface area (Å²) in [7, 11) is 0. The zero-order valence-electron chi connectivity index (χ0n) is 6.48. The van der Waals surface area contributed by atoms with Crippen molar-refractivity contribution in [2.24, 2.45) is 5.92 Å². The molecule has 0 aromatic rings. The minimum atomic E-state index is 0.0567. The van der Waals surface area contributed by atoms with Crippen LogP contribution in [0, 0.1) is 5.92 Å². The van der Waals surface area contributed by atoms with E-state index in [0.717, 1.165) is 12.0 Å². The van der Waals surface area contributed by atoms with Crippen LogP contribution in [0.25, 0.3) is 0 Å². The molecule has 0 saturated heterocycles. The van der Waals surface area contributed by atoms with Crippen LogP contribution >= 0.6 is 0 Å². The van der Waals surface area contributed by atoms with Crippen LogP contribution in [0.4, 0.5) is 0 Å². The number of carbonyl (C=O) groups is 1. The fourth-order valence-corrected chi connectivity index (χ4v) is 1.31. The number of ketones is 1. The third kappa shape index (κ3) is 1.18. The molecule has 0 amide bonds. The third-order valence-corrected chi connectivity index (χ3v) is 1.79. The second kappa shape index (κ2) is 2.41. The Balaban J connectivity index is 2.89. The van der Waals surface area contributed by atoms with Crippen molar-refractivity contribution in [3.63, 3.8) is 0 Å². The van der Waals surface area contributed by atoms with E-state index in [0.29, 0.717) is 0 Å². The first-order valence-electron chi connectivity index (χ1n) is 3.50. The summed E-state index contributed by atoms with van der Waals surface area (Å²) in [4.78, 5) is 11.1. The number of rotatable bonds is 0. The molecule has 1 heteroatoms. The van der Waals surface area contributed by atoms with Crippen LogP contribution in [-0.4, -0.2) is 5.78 Å². The Morgan fingerprint density at radius 3 is 2.80 bits per heavy atom. The van der Waals surface area contributed by atoms with Crippen LogP contribution in [0.3, 0.4) is 0 Å². The summed E-state index contributed by atoms with van der Waals surface area (Å²) in [5.41, 5.74) is 2.02. The lowest BCUT2D eigenvalue weighted by Crippen LogP contribution is -2.15. The van der Waals surface area contributed by atoms with Crippen molar-refractivity contribution in [1.82, 2.24) is 0 Å². The summed E-state index contributed by atoms with van der Waals surface area (Å²) < 4.78 is 0. The number of hydrogen-bond donors (Lipinski definition) is 0. The van der Waals surface area contributed by atoms with Gasteiger partial charge in [-0.15, -0.1) is 0 Å². The number of allylic oxidation sites excluding steroid dienone is 3. The maximum Gasteiger partial charge on any atom is 0.165 e. The van der Waals surface area contributed by atoms with Crippen molar-refractivity contribution >= 4 is 5.78 Å². The van der Waals surface area contributed by atoms with Crippen LogP contribution in [0.5, 0.6) is 0 Å². The van der Waals surface area contributed by atoms with Gasteiger partial charge in [0.05, 0.1) is 0 Å². The molecule has 1 atom stereocenters. The van der Waals surface area contributed by atoms with Crippen LogP contribution < -0.4 is 0 Å². The van der Waals surface area contributed by atoms with E-state index in [2.05, 4.69) is 6.58 Å². The van der Waals surface area contributed by atoms with Crippen molar-refractivity contribution in [3.05, 3.63) is 23.8 Å². The highest BCUT2D eigenvalue weighted by atomic mass is 16.1. The van der Waals surface area contributed by atoms with Crippen molar-refractivity contribution in [3.8, 4) is 0 Å².